The summed E-state index contributed by atoms with van der Waals surface area (Å²) >= 11 is 0. The first-order valence-corrected chi connectivity index (χ1v) is 5.75. The van der Waals surface area contributed by atoms with Gasteiger partial charge in [-0.1, -0.05) is 0 Å². The second-order valence-electron chi connectivity index (χ2n) is 4.93. The van der Waals surface area contributed by atoms with Crippen molar-refractivity contribution in [1.82, 2.24) is 15.3 Å². The Morgan fingerprint density at radius 3 is 2.69 bits per heavy atom. The molecule has 0 saturated carbocycles. The molecule has 2 N–H and O–H groups in total. The topological polar surface area (TPSA) is 49.9 Å². The number of nitrogens with one attached hydrogen (secondary N) is 2. The third-order valence-corrected chi connectivity index (χ3v) is 2.81. The number of imidazole rings is 1. The van der Waals surface area contributed by atoms with E-state index in [4.69, 9.17) is 4.74 Å². The van der Waals surface area contributed by atoms with Crippen molar-refractivity contribution >= 4 is 0 Å². The van der Waals surface area contributed by atoms with Gasteiger partial charge in [0.05, 0.1) is 11.6 Å². The van der Waals surface area contributed by atoms with Gasteiger partial charge in [0.15, 0.2) is 0 Å². The normalized spacial score (nSPS) is 16.1. The van der Waals surface area contributed by atoms with Crippen molar-refractivity contribution in [2.24, 2.45) is 0 Å². The molecule has 0 amide bonds. The van der Waals surface area contributed by atoms with Crippen LogP contribution in [0.25, 0.3) is 0 Å². The average Bonchev–Trinajstić information content (AvgIpc) is 2.69. The van der Waals surface area contributed by atoms with Gasteiger partial charge in [0.1, 0.15) is 5.82 Å². The Labute approximate surface area is 97.8 Å². The van der Waals surface area contributed by atoms with E-state index in [0.29, 0.717) is 6.04 Å². The van der Waals surface area contributed by atoms with Crippen LogP contribution in [0.3, 0.4) is 0 Å². The molecular weight excluding hydrogens is 202 g/mol. The highest BCUT2D eigenvalue weighted by Crippen LogP contribution is 2.17. The van der Waals surface area contributed by atoms with E-state index in [1.165, 1.54) is 0 Å². The van der Waals surface area contributed by atoms with Gasteiger partial charge in [0.2, 0.25) is 0 Å². The summed E-state index contributed by atoms with van der Waals surface area (Å²) in [5.41, 5.74) is -0.0880. The van der Waals surface area contributed by atoms with Gasteiger partial charge in [0, 0.05) is 25.5 Å². The minimum Gasteiger partial charge on any atom is -0.379 e. The van der Waals surface area contributed by atoms with Crippen molar-refractivity contribution in [2.75, 3.05) is 7.11 Å². The molecule has 1 rings (SSSR count). The predicted molar refractivity (Wildman–Crippen MR) is 65.3 cm³/mol. The summed E-state index contributed by atoms with van der Waals surface area (Å²) in [6, 6.07) is 0.618. The smallest absolute Gasteiger partial charge is 0.122 e. The molecule has 0 bridgehead atoms. The summed E-state index contributed by atoms with van der Waals surface area (Å²) in [7, 11) is 1.75. The number of rotatable bonds is 6. The molecule has 1 heterocycles. The van der Waals surface area contributed by atoms with Gasteiger partial charge >= 0.3 is 0 Å². The summed E-state index contributed by atoms with van der Waals surface area (Å²) in [6.07, 6.45) is 4.59. The molecule has 0 radical (unpaired) electrons. The van der Waals surface area contributed by atoms with Crippen LogP contribution in [0.4, 0.5) is 0 Å². The first-order valence-electron chi connectivity index (χ1n) is 5.75. The third-order valence-electron chi connectivity index (χ3n) is 2.81. The maximum atomic E-state index is 5.42. The van der Waals surface area contributed by atoms with E-state index in [9.17, 15) is 0 Å². The molecule has 2 unspecified atom stereocenters. The first kappa shape index (κ1) is 13.2. The molecule has 4 heteroatoms. The zero-order valence-corrected chi connectivity index (χ0v) is 10.9. The zero-order valence-electron chi connectivity index (χ0n) is 10.9. The number of ether oxygens (including phenoxy) is 1. The highest BCUT2D eigenvalue weighted by atomic mass is 16.5. The van der Waals surface area contributed by atoms with E-state index in [0.717, 1.165) is 12.2 Å². The summed E-state index contributed by atoms with van der Waals surface area (Å²) < 4.78 is 5.42. The number of hydrogen-bond donors (Lipinski definition) is 2. The lowest BCUT2D eigenvalue weighted by Gasteiger charge is -2.28. The standard InChI is InChI=1S/C12H23N3O/c1-9(8-12(3,4)16-5)15-10(2)11-13-6-7-14-11/h6-7,9-10,15H,8H2,1-5H3,(H,13,14). The molecular formula is C12H23N3O. The number of aromatic amines is 1. The number of methoxy groups -OCH3 is 1. The van der Waals surface area contributed by atoms with Crippen LogP contribution in [-0.2, 0) is 4.74 Å². The minimum atomic E-state index is -0.0880. The second-order valence-corrected chi connectivity index (χ2v) is 4.93. The quantitative estimate of drug-likeness (QED) is 0.780. The van der Waals surface area contributed by atoms with Crippen molar-refractivity contribution in [3.8, 4) is 0 Å². The van der Waals surface area contributed by atoms with E-state index < -0.39 is 0 Å². The van der Waals surface area contributed by atoms with Crippen molar-refractivity contribution < 1.29 is 4.74 Å². The van der Waals surface area contributed by atoms with Gasteiger partial charge in [-0.25, -0.2) is 4.98 Å². The van der Waals surface area contributed by atoms with Crippen LogP contribution in [0.15, 0.2) is 12.4 Å². The van der Waals surface area contributed by atoms with Gasteiger partial charge in [-0.05, 0) is 34.1 Å². The van der Waals surface area contributed by atoms with Crippen molar-refractivity contribution in [2.45, 2.75) is 51.8 Å². The van der Waals surface area contributed by atoms with E-state index in [1.807, 2.05) is 6.20 Å². The van der Waals surface area contributed by atoms with E-state index in [-0.39, 0.29) is 11.6 Å². The van der Waals surface area contributed by atoms with Gasteiger partial charge in [-0.3, -0.25) is 0 Å². The first-order chi connectivity index (χ1) is 7.44. The Kier molecular flexibility index (Phi) is 4.50. The Hall–Kier alpha value is -0.870. The lowest BCUT2D eigenvalue weighted by Crippen LogP contribution is -2.37. The number of hydrogen-bond acceptors (Lipinski definition) is 3. The highest BCUT2D eigenvalue weighted by molar-refractivity contribution is 4.94. The molecule has 16 heavy (non-hydrogen) atoms. The van der Waals surface area contributed by atoms with E-state index in [1.54, 1.807) is 13.3 Å². The summed E-state index contributed by atoms with van der Waals surface area (Å²) in [5.74, 6) is 0.974. The van der Waals surface area contributed by atoms with Crippen LogP contribution in [0, 0.1) is 0 Å². The zero-order chi connectivity index (χ0) is 12.2. The lowest BCUT2D eigenvalue weighted by molar-refractivity contribution is 0.00775. The molecule has 1 aromatic heterocycles. The fraction of sp³-hybridized carbons (Fsp3) is 0.750. The Morgan fingerprint density at radius 1 is 1.50 bits per heavy atom. The number of nitrogens with zero attached hydrogens (tertiary/aromatic N) is 1. The molecule has 0 aliphatic carbocycles. The summed E-state index contributed by atoms with van der Waals surface area (Å²) in [4.78, 5) is 7.35. The molecule has 4 nitrogen and oxygen atoms in total. The van der Waals surface area contributed by atoms with Crippen molar-refractivity contribution in [3.05, 3.63) is 18.2 Å². The Morgan fingerprint density at radius 2 is 2.19 bits per heavy atom. The maximum absolute atomic E-state index is 5.42. The lowest BCUT2D eigenvalue weighted by atomic mass is 9.99. The summed E-state index contributed by atoms with van der Waals surface area (Å²) in [6.45, 7) is 8.47. The van der Waals surface area contributed by atoms with E-state index >= 15 is 0 Å². The monoisotopic (exact) mass is 225 g/mol. The molecule has 92 valence electrons. The van der Waals surface area contributed by atoms with Crippen LogP contribution in [0.1, 0.15) is 46.0 Å². The van der Waals surface area contributed by atoms with Crippen molar-refractivity contribution in [3.63, 3.8) is 0 Å². The third kappa shape index (κ3) is 3.94. The van der Waals surface area contributed by atoms with Gasteiger partial charge < -0.3 is 15.0 Å². The Balaban J connectivity index is 2.43. The van der Waals surface area contributed by atoms with Gasteiger partial charge in [-0.15, -0.1) is 0 Å². The Bertz CT molecular complexity index is 295. The molecule has 0 saturated heterocycles. The van der Waals surface area contributed by atoms with Crippen LogP contribution in [0.5, 0.6) is 0 Å². The van der Waals surface area contributed by atoms with Crippen LogP contribution < -0.4 is 5.32 Å². The van der Waals surface area contributed by atoms with E-state index in [2.05, 4.69) is 43.0 Å². The minimum absolute atomic E-state index is 0.0880. The van der Waals surface area contributed by atoms with Crippen LogP contribution in [0.2, 0.25) is 0 Å². The predicted octanol–water partition coefficient (Wildman–Crippen LogP) is 2.26. The fourth-order valence-electron chi connectivity index (χ4n) is 1.90. The fourth-order valence-corrected chi connectivity index (χ4v) is 1.90. The number of H-pyrrole nitrogens is 1. The maximum Gasteiger partial charge on any atom is 0.122 e. The molecule has 0 aliphatic heterocycles. The largest absolute Gasteiger partial charge is 0.379 e. The summed E-state index contributed by atoms with van der Waals surface area (Å²) in [5, 5.41) is 3.50. The number of aromatic nitrogens is 2. The average molecular weight is 225 g/mol. The molecule has 0 aromatic carbocycles. The molecule has 0 aliphatic rings. The van der Waals surface area contributed by atoms with Gasteiger partial charge in [-0.2, -0.15) is 0 Å². The van der Waals surface area contributed by atoms with Crippen LogP contribution >= 0.6 is 0 Å². The van der Waals surface area contributed by atoms with Crippen LogP contribution in [-0.4, -0.2) is 28.7 Å². The SMILES string of the molecule is COC(C)(C)CC(C)NC(C)c1ncc[nH]1. The molecule has 2 atom stereocenters. The molecule has 0 spiro atoms. The van der Waals surface area contributed by atoms with Crippen molar-refractivity contribution in [1.29, 1.82) is 0 Å². The second kappa shape index (κ2) is 5.46. The van der Waals surface area contributed by atoms with Gasteiger partial charge in [0.25, 0.3) is 0 Å². The highest BCUT2D eigenvalue weighted by Gasteiger charge is 2.21. The molecule has 1 aromatic rings. The molecule has 0 fully saturated rings.